The average molecular weight is 180 g/mol. The van der Waals surface area contributed by atoms with E-state index in [4.69, 9.17) is 9.15 Å². The normalized spacial score (nSPS) is 10.5. The van der Waals surface area contributed by atoms with Gasteiger partial charge in [0.1, 0.15) is 5.69 Å². The van der Waals surface area contributed by atoms with Gasteiger partial charge in [0.25, 0.3) is 0 Å². The Labute approximate surface area is 73.7 Å². The summed E-state index contributed by atoms with van der Waals surface area (Å²) in [6.07, 6.45) is 1.32. The lowest BCUT2D eigenvalue weighted by Gasteiger charge is -1.96. The molecule has 0 aromatic carbocycles. The highest BCUT2D eigenvalue weighted by Gasteiger charge is 2.11. The van der Waals surface area contributed by atoms with Gasteiger partial charge < -0.3 is 14.1 Å². The van der Waals surface area contributed by atoms with Crippen molar-refractivity contribution in [3.8, 4) is 0 Å². The molecule has 0 aliphatic carbocycles. The molecule has 5 heteroatoms. The molecule has 0 aliphatic heterocycles. The number of aromatic nitrogens is 2. The molecular weight excluding hydrogens is 172 g/mol. The molecule has 5 nitrogen and oxygen atoms in total. The van der Waals surface area contributed by atoms with Gasteiger partial charge in [-0.15, -0.1) is 0 Å². The summed E-state index contributed by atoms with van der Waals surface area (Å²) in [5.74, 6) is -0.393. The fourth-order valence-corrected chi connectivity index (χ4v) is 1.07. The number of oxazole rings is 1. The van der Waals surface area contributed by atoms with Crippen molar-refractivity contribution < 1.29 is 13.9 Å². The summed E-state index contributed by atoms with van der Waals surface area (Å²) in [6, 6.07) is 1.57. The van der Waals surface area contributed by atoms with E-state index in [1.165, 1.54) is 6.39 Å². The molecule has 2 rings (SSSR count). The Hall–Kier alpha value is -1.78. The molecule has 0 amide bonds. The lowest BCUT2D eigenvalue weighted by molar-refractivity contribution is 0.0520. The van der Waals surface area contributed by atoms with E-state index in [-0.39, 0.29) is 0 Å². The lowest BCUT2D eigenvalue weighted by atomic mass is 10.4. The molecule has 0 atom stereocenters. The number of rotatable bonds is 2. The van der Waals surface area contributed by atoms with Gasteiger partial charge in [-0.25, -0.2) is 4.79 Å². The largest absolute Gasteiger partial charge is 0.461 e. The molecule has 13 heavy (non-hydrogen) atoms. The maximum absolute atomic E-state index is 11.2. The zero-order chi connectivity index (χ0) is 9.26. The molecule has 0 saturated carbocycles. The van der Waals surface area contributed by atoms with Crippen LogP contribution in [-0.2, 0) is 4.74 Å². The van der Waals surface area contributed by atoms with E-state index in [0.717, 1.165) is 0 Å². The molecule has 68 valence electrons. The van der Waals surface area contributed by atoms with Gasteiger partial charge in [0, 0.05) is 6.07 Å². The summed E-state index contributed by atoms with van der Waals surface area (Å²) < 4.78 is 9.76. The highest BCUT2D eigenvalue weighted by atomic mass is 16.5. The topological polar surface area (TPSA) is 68.1 Å². The van der Waals surface area contributed by atoms with Crippen molar-refractivity contribution in [2.45, 2.75) is 6.92 Å². The maximum Gasteiger partial charge on any atom is 0.354 e. The summed E-state index contributed by atoms with van der Waals surface area (Å²) in [4.78, 5) is 17.8. The number of nitrogens with zero attached hydrogens (tertiary/aromatic N) is 1. The predicted molar refractivity (Wildman–Crippen MR) is 44.3 cm³/mol. The summed E-state index contributed by atoms with van der Waals surface area (Å²) >= 11 is 0. The van der Waals surface area contributed by atoms with Crippen molar-refractivity contribution in [3.05, 3.63) is 18.2 Å². The SMILES string of the molecule is CCOC(=O)c1cc2ocnc2[nH]1. The van der Waals surface area contributed by atoms with Gasteiger partial charge in [-0.3, -0.25) is 0 Å². The van der Waals surface area contributed by atoms with E-state index in [0.29, 0.717) is 23.5 Å². The van der Waals surface area contributed by atoms with Crippen molar-refractivity contribution in [3.63, 3.8) is 0 Å². The zero-order valence-corrected chi connectivity index (χ0v) is 7.03. The molecule has 0 spiro atoms. The van der Waals surface area contributed by atoms with Gasteiger partial charge in [0.15, 0.2) is 17.6 Å². The zero-order valence-electron chi connectivity index (χ0n) is 7.03. The highest BCUT2D eigenvalue weighted by molar-refractivity contribution is 5.92. The van der Waals surface area contributed by atoms with E-state index in [1.807, 2.05) is 0 Å². The minimum Gasteiger partial charge on any atom is -0.461 e. The smallest absolute Gasteiger partial charge is 0.354 e. The Morgan fingerprint density at radius 1 is 1.77 bits per heavy atom. The number of H-pyrrole nitrogens is 1. The first kappa shape index (κ1) is 7.85. The first-order chi connectivity index (χ1) is 6.31. The Morgan fingerprint density at radius 2 is 2.62 bits per heavy atom. The van der Waals surface area contributed by atoms with Gasteiger partial charge in [-0.1, -0.05) is 0 Å². The summed E-state index contributed by atoms with van der Waals surface area (Å²) in [5, 5.41) is 0. The third kappa shape index (κ3) is 1.28. The monoisotopic (exact) mass is 180 g/mol. The lowest BCUT2D eigenvalue weighted by Crippen LogP contribution is -2.04. The van der Waals surface area contributed by atoms with Gasteiger partial charge in [-0.05, 0) is 6.92 Å². The Bertz CT molecular complexity index is 401. The fourth-order valence-electron chi connectivity index (χ4n) is 1.07. The van der Waals surface area contributed by atoms with E-state index in [2.05, 4.69) is 9.97 Å². The molecule has 1 N–H and O–H groups in total. The molecule has 0 aliphatic rings. The number of fused-ring (bicyclic) bond motifs is 1. The van der Waals surface area contributed by atoms with Crippen molar-refractivity contribution >= 4 is 17.2 Å². The van der Waals surface area contributed by atoms with Gasteiger partial charge in [0.05, 0.1) is 6.61 Å². The van der Waals surface area contributed by atoms with Crippen LogP contribution in [0.15, 0.2) is 16.9 Å². The number of carbonyl (C=O) groups excluding carboxylic acids is 1. The standard InChI is InChI=1S/C8H8N2O3/c1-2-12-8(11)5-3-6-7(10-5)9-4-13-6/h3-4,10H,2H2,1H3. The van der Waals surface area contributed by atoms with E-state index < -0.39 is 5.97 Å². The molecule has 2 aromatic heterocycles. The van der Waals surface area contributed by atoms with E-state index in [9.17, 15) is 4.79 Å². The van der Waals surface area contributed by atoms with E-state index in [1.54, 1.807) is 13.0 Å². The summed E-state index contributed by atoms with van der Waals surface area (Å²) in [5.41, 5.74) is 1.48. The van der Waals surface area contributed by atoms with Crippen LogP contribution in [0.4, 0.5) is 0 Å². The van der Waals surface area contributed by atoms with Crippen LogP contribution < -0.4 is 0 Å². The Kier molecular flexibility index (Phi) is 1.77. The first-order valence-corrected chi connectivity index (χ1v) is 3.90. The van der Waals surface area contributed by atoms with Crippen LogP contribution in [0.2, 0.25) is 0 Å². The third-order valence-electron chi connectivity index (χ3n) is 1.62. The minimum absolute atomic E-state index is 0.354. The molecule has 2 heterocycles. The first-order valence-electron chi connectivity index (χ1n) is 3.90. The minimum atomic E-state index is -0.393. The quantitative estimate of drug-likeness (QED) is 0.708. The second-order valence-electron chi connectivity index (χ2n) is 2.47. The van der Waals surface area contributed by atoms with Crippen LogP contribution in [0, 0.1) is 0 Å². The molecule has 2 aromatic rings. The van der Waals surface area contributed by atoms with Gasteiger partial charge in [-0.2, -0.15) is 4.98 Å². The Balaban J connectivity index is 2.34. The van der Waals surface area contributed by atoms with Crippen LogP contribution in [0.1, 0.15) is 17.4 Å². The van der Waals surface area contributed by atoms with Crippen molar-refractivity contribution in [2.75, 3.05) is 6.61 Å². The second-order valence-corrected chi connectivity index (χ2v) is 2.47. The molecule has 0 fully saturated rings. The molecular formula is C8H8N2O3. The van der Waals surface area contributed by atoms with Crippen LogP contribution in [-0.4, -0.2) is 22.5 Å². The van der Waals surface area contributed by atoms with E-state index >= 15 is 0 Å². The molecule has 0 radical (unpaired) electrons. The molecule has 0 saturated heterocycles. The summed E-state index contributed by atoms with van der Waals surface area (Å²) in [6.45, 7) is 2.11. The number of hydrogen-bond acceptors (Lipinski definition) is 4. The summed E-state index contributed by atoms with van der Waals surface area (Å²) in [7, 11) is 0. The van der Waals surface area contributed by atoms with Gasteiger partial charge >= 0.3 is 5.97 Å². The number of ether oxygens (including phenoxy) is 1. The average Bonchev–Trinajstić information content (AvgIpc) is 2.61. The van der Waals surface area contributed by atoms with Gasteiger partial charge in [0.2, 0.25) is 0 Å². The number of esters is 1. The van der Waals surface area contributed by atoms with Crippen LogP contribution in [0.5, 0.6) is 0 Å². The number of nitrogens with one attached hydrogen (secondary N) is 1. The Morgan fingerprint density at radius 3 is 3.31 bits per heavy atom. The highest BCUT2D eigenvalue weighted by Crippen LogP contribution is 2.13. The van der Waals surface area contributed by atoms with Crippen molar-refractivity contribution in [1.29, 1.82) is 0 Å². The van der Waals surface area contributed by atoms with Crippen molar-refractivity contribution in [2.24, 2.45) is 0 Å². The van der Waals surface area contributed by atoms with Crippen LogP contribution in [0.25, 0.3) is 11.2 Å². The van der Waals surface area contributed by atoms with Crippen molar-refractivity contribution in [1.82, 2.24) is 9.97 Å². The second kappa shape index (κ2) is 2.93. The maximum atomic E-state index is 11.2. The fraction of sp³-hybridized carbons (Fsp3) is 0.250. The number of carbonyl (C=O) groups is 1. The predicted octanol–water partition coefficient (Wildman–Crippen LogP) is 1.33. The van der Waals surface area contributed by atoms with Crippen LogP contribution in [0.3, 0.4) is 0 Å². The third-order valence-corrected chi connectivity index (χ3v) is 1.62. The number of aromatic amines is 1. The van der Waals surface area contributed by atoms with Crippen LogP contribution >= 0.6 is 0 Å². The molecule has 0 unspecified atom stereocenters. The number of hydrogen-bond donors (Lipinski definition) is 1. The molecule has 0 bridgehead atoms.